The molecule has 5 rings (SSSR count). The third-order valence-electron chi connectivity index (χ3n) is 7.62. The normalized spacial score (nSPS) is 21.3. The maximum Gasteiger partial charge on any atom is 0.276 e. The Labute approximate surface area is 206 Å². The molecular formula is C27H34N4O4. The lowest BCUT2D eigenvalue weighted by Crippen LogP contribution is -2.42. The van der Waals surface area contributed by atoms with Gasteiger partial charge in [-0.15, -0.1) is 0 Å². The zero-order valence-corrected chi connectivity index (χ0v) is 20.7. The molecule has 1 aromatic heterocycles. The van der Waals surface area contributed by atoms with Crippen molar-refractivity contribution >= 4 is 17.7 Å². The largest absolute Gasteiger partial charge is 0.445 e. The lowest BCUT2D eigenvalue weighted by molar-refractivity contribution is -0.136. The molecule has 186 valence electrons. The van der Waals surface area contributed by atoms with Crippen LogP contribution < -0.4 is 0 Å². The van der Waals surface area contributed by atoms with Crippen LogP contribution in [-0.4, -0.2) is 70.1 Å². The van der Waals surface area contributed by atoms with Crippen molar-refractivity contribution in [3.8, 4) is 0 Å². The van der Waals surface area contributed by atoms with Crippen molar-refractivity contribution in [1.82, 2.24) is 19.7 Å². The van der Waals surface area contributed by atoms with Gasteiger partial charge in [0.15, 0.2) is 11.6 Å². The van der Waals surface area contributed by atoms with Gasteiger partial charge in [-0.3, -0.25) is 14.4 Å². The smallest absolute Gasteiger partial charge is 0.276 e. The minimum Gasteiger partial charge on any atom is -0.445 e. The highest BCUT2D eigenvalue weighted by molar-refractivity contribution is 5.93. The zero-order valence-electron chi connectivity index (χ0n) is 20.7. The number of aromatic nitrogens is 1. The summed E-state index contributed by atoms with van der Waals surface area (Å²) in [6.45, 7) is 7.67. The SMILES string of the molecule is Cc1ccc(CN2CC(C(=O)N3CCC(c4nc(C(=O)N5CCCC5)c(C)o4)CC3)CC2=O)cc1. The Kier molecular flexibility index (Phi) is 6.62. The Bertz CT molecular complexity index is 1090. The number of hydrogen-bond donors (Lipinski definition) is 0. The van der Waals surface area contributed by atoms with Crippen LogP contribution in [0.4, 0.5) is 0 Å². The van der Waals surface area contributed by atoms with Crippen molar-refractivity contribution in [3.05, 3.63) is 52.7 Å². The van der Waals surface area contributed by atoms with Gasteiger partial charge in [-0.1, -0.05) is 29.8 Å². The molecule has 0 saturated carbocycles. The van der Waals surface area contributed by atoms with Crippen molar-refractivity contribution in [2.75, 3.05) is 32.7 Å². The van der Waals surface area contributed by atoms with Crippen LogP contribution in [0.2, 0.25) is 0 Å². The minimum absolute atomic E-state index is 0.0382. The predicted octanol–water partition coefficient (Wildman–Crippen LogP) is 3.28. The quantitative estimate of drug-likeness (QED) is 0.658. The lowest BCUT2D eigenvalue weighted by Gasteiger charge is -2.32. The topological polar surface area (TPSA) is 87.0 Å². The summed E-state index contributed by atoms with van der Waals surface area (Å²) >= 11 is 0. The molecule has 1 unspecified atom stereocenters. The Morgan fingerprint density at radius 2 is 1.69 bits per heavy atom. The highest BCUT2D eigenvalue weighted by atomic mass is 16.4. The molecular weight excluding hydrogens is 444 g/mol. The number of likely N-dealkylation sites (tertiary alicyclic amines) is 3. The van der Waals surface area contributed by atoms with Gasteiger partial charge in [0.2, 0.25) is 11.8 Å². The predicted molar refractivity (Wildman–Crippen MR) is 130 cm³/mol. The van der Waals surface area contributed by atoms with Gasteiger partial charge in [-0.25, -0.2) is 4.98 Å². The van der Waals surface area contributed by atoms with E-state index in [9.17, 15) is 14.4 Å². The number of piperidine rings is 1. The fourth-order valence-corrected chi connectivity index (χ4v) is 5.47. The van der Waals surface area contributed by atoms with E-state index in [1.807, 2.05) is 41.0 Å². The number of nitrogens with zero attached hydrogens (tertiary/aromatic N) is 4. The molecule has 3 aliphatic heterocycles. The summed E-state index contributed by atoms with van der Waals surface area (Å²) in [5.74, 6) is 1.08. The minimum atomic E-state index is -0.279. The highest BCUT2D eigenvalue weighted by Gasteiger charge is 2.38. The number of amides is 3. The van der Waals surface area contributed by atoms with Gasteiger partial charge in [-0.2, -0.15) is 0 Å². The number of rotatable bonds is 5. The molecule has 1 aromatic carbocycles. The molecule has 2 aromatic rings. The molecule has 35 heavy (non-hydrogen) atoms. The Morgan fingerprint density at radius 3 is 2.37 bits per heavy atom. The van der Waals surface area contributed by atoms with Gasteiger partial charge in [0.1, 0.15) is 5.76 Å². The number of benzene rings is 1. The second-order valence-corrected chi connectivity index (χ2v) is 10.2. The van der Waals surface area contributed by atoms with Crippen LogP contribution in [0.25, 0.3) is 0 Å². The van der Waals surface area contributed by atoms with Crippen LogP contribution in [0.3, 0.4) is 0 Å². The third-order valence-corrected chi connectivity index (χ3v) is 7.62. The van der Waals surface area contributed by atoms with Crippen molar-refractivity contribution in [2.45, 2.75) is 58.4 Å². The molecule has 0 bridgehead atoms. The first-order chi connectivity index (χ1) is 16.9. The van der Waals surface area contributed by atoms with Crippen molar-refractivity contribution in [1.29, 1.82) is 0 Å². The van der Waals surface area contributed by atoms with Crippen LogP contribution in [0.5, 0.6) is 0 Å². The summed E-state index contributed by atoms with van der Waals surface area (Å²) in [6.07, 6.45) is 3.86. The molecule has 3 amide bonds. The number of oxazole rings is 1. The van der Waals surface area contributed by atoms with Crippen LogP contribution in [0.1, 0.15) is 71.3 Å². The second kappa shape index (κ2) is 9.84. The summed E-state index contributed by atoms with van der Waals surface area (Å²) in [5, 5.41) is 0. The zero-order chi connectivity index (χ0) is 24.5. The fourth-order valence-electron chi connectivity index (χ4n) is 5.47. The van der Waals surface area contributed by atoms with Gasteiger partial charge in [0.25, 0.3) is 5.91 Å². The molecule has 1 atom stereocenters. The average molecular weight is 479 g/mol. The number of carbonyl (C=O) groups excluding carboxylic acids is 3. The van der Waals surface area contributed by atoms with E-state index in [1.54, 1.807) is 11.8 Å². The average Bonchev–Trinajstić information content (AvgIpc) is 3.61. The summed E-state index contributed by atoms with van der Waals surface area (Å²) in [7, 11) is 0. The van der Waals surface area contributed by atoms with Crippen molar-refractivity contribution < 1.29 is 18.8 Å². The number of carbonyl (C=O) groups is 3. The molecule has 3 saturated heterocycles. The molecule has 8 nitrogen and oxygen atoms in total. The van der Waals surface area contributed by atoms with E-state index >= 15 is 0 Å². The maximum absolute atomic E-state index is 13.2. The van der Waals surface area contributed by atoms with Crippen LogP contribution in [0.15, 0.2) is 28.7 Å². The van der Waals surface area contributed by atoms with Crippen LogP contribution in [0, 0.1) is 19.8 Å². The van der Waals surface area contributed by atoms with Gasteiger partial charge < -0.3 is 19.1 Å². The Hall–Kier alpha value is -3.16. The summed E-state index contributed by atoms with van der Waals surface area (Å²) in [4.78, 5) is 48.6. The van der Waals surface area contributed by atoms with Gasteiger partial charge in [-0.05, 0) is 45.1 Å². The van der Waals surface area contributed by atoms with Crippen LogP contribution in [-0.2, 0) is 16.1 Å². The van der Waals surface area contributed by atoms with Gasteiger partial charge in [0.05, 0.1) is 5.92 Å². The molecule has 8 heteroatoms. The number of aryl methyl sites for hydroxylation is 2. The van der Waals surface area contributed by atoms with E-state index in [1.165, 1.54) is 5.56 Å². The van der Waals surface area contributed by atoms with E-state index in [2.05, 4.69) is 4.98 Å². The van der Waals surface area contributed by atoms with E-state index < -0.39 is 0 Å². The number of hydrogen-bond acceptors (Lipinski definition) is 5. The lowest BCUT2D eigenvalue weighted by atomic mass is 9.95. The highest BCUT2D eigenvalue weighted by Crippen LogP contribution is 2.31. The van der Waals surface area contributed by atoms with Gasteiger partial charge in [0, 0.05) is 51.6 Å². The first kappa shape index (κ1) is 23.6. The first-order valence-electron chi connectivity index (χ1n) is 12.8. The maximum atomic E-state index is 13.2. The molecule has 0 spiro atoms. The standard InChI is InChI=1S/C27H34N4O4/c1-18-5-7-20(8-6-18)16-31-17-22(15-23(31)32)26(33)30-13-9-21(10-14-30)25-28-24(19(2)35-25)27(34)29-11-3-4-12-29/h5-8,21-22H,3-4,9-17H2,1-2H3. The Morgan fingerprint density at radius 1 is 1.00 bits per heavy atom. The van der Waals surface area contributed by atoms with E-state index in [0.717, 1.165) is 44.3 Å². The molecule has 3 aliphatic rings. The molecule has 0 N–H and O–H groups in total. The summed E-state index contributed by atoms with van der Waals surface area (Å²) in [6, 6.07) is 8.17. The van der Waals surface area contributed by atoms with E-state index in [-0.39, 0.29) is 36.0 Å². The fraction of sp³-hybridized carbons (Fsp3) is 0.556. The van der Waals surface area contributed by atoms with E-state index in [0.29, 0.717) is 43.5 Å². The molecule has 4 heterocycles. The third kappa shape index (κ3) is 4.97. The molecule has 0 aliphatic carbocycles. The Balaban J connectivity index is 1.15. The monoisotopic (exact) mass is 478 g/mol. The first-order valence-corrected chi connectivity index (χ1v) is 12.8. The van der Waals surface area contributed by atoms with Crippen molar-refractivity contribution in [2.24, 2.45) is 5.92 Å². The molecule has 3 fully saturated rings. The second-order valence-electron chi connectivity index (χ2n) is 10.2. The summed E-state index contributed by atoms with van der Waals surface area (Å²) < 4.78 is 5.91. The van der Waals surface area contributed by atoms with Crippen LogP contribution >= 0.6 is 0 Å². The van der Waals surface area contributed by atoms with Gasteiger partial charge >= 0.3 is 0 Å². The summed E-state index contributed by atoms with van der Waals surface area (Å²) in [5.41, 5.74) is 2.70. The van der Waals surface area contributed by atoms with E-state index in [4.69, 9.17) is 4.42 Å². The molecule has 0 radical (unpaired) electrons. The van der Waals surface area contributed by atoms with Crippen molar-refractivity contribution in [3.63, 3.8) is 0 Å².